The van der Waals surface area contributed by atoms with E-state index in [2.05, 4.69) is 9.74 Å². The molecule has 0 radical (unpaired) electrons. The third-order valence-corrected chi connectivity index (χ3v) is 2.75. The first-order valence-corrected chi connectivity index (χ1v) is 5.19. The maximum atomic E-state index is 11.0. The van der Waals surface area contributed by atoms with Crippen molar-refractivity contribution in [2.75, 3.05) is 19.6 Å². The number of nitrogens with zero attached hydrogens (tertiary/aromatic N) is 1. The van der Waals surface area contributed by atoms with Crippen molar-refractivity contribution in [2.45, 2.75) is 25.9 Å². The fourth-order valence-electron chi connectivity index (χ4n) is 1.79. The van der Waals surface area contributed by atoms with E-state index < -0.39 is 0 Å². The third kappa shape index (κ3) is 4.13. The van der Waals surface area contributed by atoms with Gasteiger partial charge in [-0.05, 0) is 12.3 Å². The third-order valence-electron chi connectivity index (χ3n) is 2.75. The number of hydrogen-bond donors (Lipinski definition) is 3. The molecular weight excluding hydrogens is 198 g/mol. The van der Waals surface area contributed by atoms with Crippen LogP contribution in [-0.4, -0.2) is 41.7 Å². The molecule has 1 aliphatic rings. The summed E-state index contributed by atoms with van der Waals surface area (Å²) in [6, 6.07) is 0. The summed E-state index contributed by atoms with van der Waals surface area (Å²) in [5, 5.41) is 9.51. The number of carbonyl (C=O) groups excluding carboxylic acids is 1. The van der Waals surface area contributed by atoms with E-state index in [1.807, 2.05) is 12.5 Å². The van der Waals surface area contributed by atoms with Gasteiger partial charge in [0.25, 0.3) is 0 Å². The Labute approximate surface area is 89.3 Å². The van der Waals surface area contributed by atoms with E-state index >= 15 is 0 Å². The molecule has 0 aromatic carbocycles. The zero-order valence-electron chi connectivity index (χ0n) is 8.98. The lowest BCUT2D eigenvalue weighted by molar-refractivity contribution is -0.151. The molecule has 2 unspecified atom stereocenters. The highest BCUT2D eigenvalue weighted by Gasteiger charge is 2.24. The van der Waals surface area contributed by atoms with E-state index in [0.29, 0.717) is 13.0 Å². The lowest BCUT2D eigenvalue weighted by atomic mass is 9.97. The van der Waals surface area contributed by atoms with Crippen LogP contribution in [0.25, 0.3) is 0 Å². The summed E-state index contributed by atoms with van der Waals surface area (Å²) in [6.45, 7) is 4.31. The van der Waals surface area contributed by atoms with Crippen molar-refractivity contribution in [1.29, 1.82) is 0 Å². The monoisotopic (exact) mass is 217 g/mol. The smallest absolute Gasteiger partial charge is 0.327 e. The van der Waals surface area contributed by atoms with Gasteiger partial charge in [-0.25, -0.2) is 5.84 Å². The van der Waals surface area contributed by atoms with Crippen LogP contribution in [0.2, 0.25) is 0 Å². The van der Waals surface area contributed by atoms with Crippen LogP contribution in [0.15, 0.2) is 0 Å². The molecule has 6 heteroatoms. The number of rotatable bonds is 4. The van der Waals surface area contributed by atoms with Crippen molar-refractivity contribution in [1.82, 2.24) is 10.5 Å². The summed E-state index contributed by atoms with van der Waals surface area (Å²) in [4.78, 5) is 17.5. The van der Waals surface area contributed by atoms with Gasteiger partial charge in [-0.3, -0.25) is 4.79 Å². The lowest BCUT2D eigenvalue weighted by Crippen LogP contribution is -2.42. The molecular formula is C9H19N3O3. The van der Waals surface area contributed by atoms with Gasteiger partial charge in [0.15, 0.2) is 0 Å². The largest absolute Gasteiger partial charge is 0.393 e. The fraction of sp³-hybridized carbons (Fsp3) is 0.889. The SMILES string of the molecule is CC1CN(CCC(=O)ONN)CCC1O. The van der Waals surface area contributed by atoms with Gasteiger partial charge in [0.1, 0.15) is 0 Å². The number of piperidine rings is 1. The first-order chi connectivity index (χ1) is 7.13. The number of hydrazine groups is 1. The molecule has 0 aromatic rings. The first-order valence-electron chi connectivity index (χ1n) is 5.19. The molecule has 2 atom stereocenters. The highest BCUT2D eigenvalue weighted by Crippen LogP contribution is 2.16. The topological polar surface area (TPSA) is 87.8 Å². The van der Waals surface area contributed by atoms with Gasteiger partial charge in [-0.1, -0.05) is 12.5 Å². The van der Waals surface area contributed by atoms with E-state index in [1.54, 1.807) is 0 Å². The zero-order chi connectivity index (χ0) is 11.3. The van der Waals surface area contributed by atoms with Crippen molar-refractivity contribution < 1.29 is 14.7 Å². The van der Waals surface area contributed by atoms with E-state index in [0.717, 1.165) is 19.5 Å². The molecule has 1 aliphatic heterocycles. The summed E-state index contributed by atoms with van der Waals surface area (Å²) in [6.07, 6.45) is 0.872. The predicted molar refractivity (Wildman–Crippen MR) is 54.3 cm³/mol. The van der Waals surface area contributed by atoms with E-state index in [4.69, 9.17) is 5.84 Å². The van der Waals surface area contributed by atoms with Gasteiger partial charge in [-0.2, -0.15) is 0 Å². The molecule has 15 heavy (non-hydrogen) atoms. The zero-order valence-corrected chi connectivity index (χ0v) is 8.98. The maximum Gasteiger partial charge on any atom is 0.327 e. The highest BCUT2D eigenvalue weighted by molar-refractivity contribution is 5.69. The Morgan fingerprint density at radius 2 is 2.47 bits per heavy atom. The van der Waals surface area contributed by atoms with E-state index in [1.165, 1.54) is 0 Å². The van der Waals surface area contributed by atoms with Crippen molar-refractivity contribution in [2.24, 2.45) is 11.8 Å². The van der Waals surface area contributed by atoms with Crippen LogP contribution in [0.4, 0.5) is 0 Å². The standard InChI is InChI=1S/C9H19N3O3/c1-7-6-12(4-2-8(7)13)5-3-9(14)15-11-10/h7-8,11,13H,2-6,10H2,1H3. The molecule has 6 nitrogen and oxygen atoms in total. The Hall–Kier alpha value is -0.690. The van der Waals surface area contributed by atoms with Crippen LogP contribution in [0.5, 0.6) is 0 Å². The predicted octanol–water partition coefficient (Wildman–Crippen LogP) is -0.999. The summed E-state index contributed by atoms with van der Waals surface area (Å²) < 4.78 is 0. The Bertz CT molecular complexity index is 213. The molecule has 1 rings (SSSR count). The molecule has 0 aliphatic carbocycles. The molecule has 0 saturated carbocycles. The van der Waals surface area contributed by atoms with Crippen LogP contribution in [0, 0.1) is 5.92 Å². The van der Waals surface area contributed by atoms with Crippen molar-refractivity contribution in [3.05, 3.63) is 0 Å². The second-order valence-electron chi connectivity index (χ2n) is 3.98. The molecule has 1 heterocycles. The number of aliphatic hydroxyl groups excluding tert-OH is 1. The van der Waals surface area contributed by atoms with Crippen LogP contribution in [0.3, 0.4) is 0 Å². The van der Waals surface area contributed by atoms with Gasteiger partial charge >= 0.3 is 5.97 Å². The summed E-state index contributed by atoms with van der Waals surface area (Å²) >= 11 is 0. The molecule has 0 bridgehead atoms. The number of likely N-dealkylation sites (tertiary alicyclic amines) is 1. The first kappa shape index (κ1) is 12.4. The van der Waals surface area contributed by atoms with Gasteiger partial charge < -0.3 is 14.8 Å². The van der Waals surface area contributed by atoms with E-state index in [9.17, 15) is 9.90 Å². The van der Waals surface area contributed by atoms with Crippen LogP contribution < -0.4 is 11.4 Å². The average Bonchev–Trinajstić information content (AvgIpc) is 2.20. The Kier molecular flexibility index (Phi) is 4.97. The summed E-state index contributed by atoms with van der Waals surface area (Å²) in [5.74, 6) is 4.74. The van der Waals surface area contributed by atoms with Crippen molar-refractivity contribution >= 4 is 5.97 Å². The van der Waals surface area contributed by atoms with Gasteiger partial charge in [0, 0.05) is 19.6 Å². The van der Waals surface area contributed by atoms with Crippen LogP contribution >= 0.6 is 0 Å². The van der Waals surface area contributed by atoms with E-state index in [-0.39, 0.29) is 18.0 Å². The second kappa shape index (κ2) is 6.02. The average molecular weight is 217 g/mol. The number of nitrogens with one attached hydrogen (secondary N) is 1. The Morgan fingerprint density at radius 3 is 3.07 bits per heavy atom. The van der Waals surface area contributed by atoms with Crippen LogP contribution in [-0.2, 0) is 9.63 Å². The highest BCUT2D eigenvalue weighted by atomic mass is 16.7. The minimum atomic E-state index is -0.365. The molecule has 1 fully saturated rings. The molecule has 0 amide bonds. The van der Waals surface area contributed by atoms with Gasteiger partial charge in [-0.15, -0.1) is 0 Å². The molecule has 4 N–H and O–H groups in total. The maximum absolute atomic E-state index is 11.0. The van der Waals surface area contributed by atoms with Crippen LogP contribution in [0.1, 0.15) is 19.8 Å². The second-order valence-corrected chi connectivity index (χ2v) is 3.98. The Balaban J connectivity index is 2.19. The fourth-order valence-corrected chi connectivity index (χ4v) is 1.79. The van der Waals surface area contributed by atoms with Crippen molar-refractivity contribution in [3.63, 3.8) is 0 Å². The normalized spacial score (nSPS) is 27.7. The molecule has 0 spiro atoms. The summed E-state index contributed by atoms with van der Waals surface area (Å²) in [7, 11) is 0. The lowest BCUT2D eigenvalue weighted by Gasteiger charge is -2.34. The number of carbonyl (C=O) groups is 1. The van der Waals surface area contributed by atoms with Crippen molar-refractivity contribution in [3.8, 4) is 0 Å². The molecule has 1 saturated heterocycles. The minimum Gasteiger partial charge on any atom is -0.393 e. The molecule has 0 aromatic heterocycles. The number of nitrogens with two attached hydrogens (primary N) is 1. The van der Waals surface area contributed by atoms with Gasteiger partial charge in [0.2, 0.25) is 0 Å². The van der Waals surface area contributed by atoms with Gasteiger partial charge in [0.05, 0.1) is 12.5 Å². The molecule has 88 valence electrons. The number of aliphatic hydroxyl groups is 1. The Morgan fingerprint density at radius 1 is 1.73 bits per heavy atom. The quantitative estimate of drug-likeness (QED) is 0.413. The minimum absolute atomic E-state index is 0.209. The number of hydrogen-bond acceptors (Lipinski definition) is 6. The summed E-state index contributed by atoms with van der Waals surface area (Å²) in [5.41, 5.74) is 1.86.